The van der Waals surface area contributed by atoms with Crippen molar-refractivity contribution in [1.29, 1.82) is 0 Å². The van der Waals surface area contributed by atoms with E-state index >= 15 is 0 Å². The Bertz CT molecular complexity index is 1440. The monoisotopic (exact) mass is 559 g/mol. The lowest BCUT2D eigenvalue weighted by Crippen LogP contribution is -2.43. The number of esters is 1. The molecule has 2 N–H and O–H groups in total. The summed E-state index contributed by atoms with van der Waals surface area (Å²) < 4.78 is 43.3. The van der Waals surface area contributed by atoms with Crippen LogP contribution in [0.1, 0.15) is 16.1 Å². The molecule has 1 fully saturated rings. The zero-order valence-corrected chi connectivity index (χ0v) is 23.0. The third-order valence-electron chi connectivity index (χ3n) is 6.31. The molecule has 1 aromatic heterocycles. The van der Waals surface area contributed by atoms with E-state index < -0.39 is 27.9 Å². The first-order chi connectivity index (χ1) is 18.7. The number of fused-ring (bicyclic) bond motifs is 1. The van der Waals surface area contributed by atoms with Crippen molar-refractivity contribution < 1.29 is 32.6 Å². The van der Waals surface area contributed by atoms with E-state index in [9.17, 15) is 18.4 Å². The molecule has 0 spiro atoms. The topological polar surface area (TPSA) is 145 Å². The van der Waals surface area contributed by atoms with Crippen molar-refractivity contribution in [3.05, 3.63) is 53.7 Å². The molecule has 2 heterocycles. The molecule has 0 saturated carbocycles. The van der Waals surface area contributed by atoms with Crippen LogP contribution in [0.15, 0.2) is 46.8 Å². The van der Waals surface area contributed by atoms with Crippen LogP contribution in [0.2, 0.25) is 0 Å². The molecule has 1 aliphatic heterocycles. The standard InChI is InChI=1S/C26H33N5O7S/c1-36-22-17-19(29-39(3,34)35)16-20-23(28-31(24(20)22)10-9-30-11-13-38-14-12-30)25(32)27-21(26(33)37-2)15-18-7-5-4-6-8-18/h4-8,16-17,21H,9-15H2,1-3H3,(H,27,32)(H,29,34,35). The van der Waals surface area contributed by atoms with Crippen LogP contribution in [0.5, 0.6) is 5.75 Å². The number of morpholine rings is 1. The molecule has 2 atom stereocenters. The fraction of sp³-hybridized carbons (Fsp3) is 0.423. The van der Waals surface area contributed by atoms with Crippen molar-refractivity contribution in [2.24, 2.45) is 4.36 Å². The van der Waals surface area contributed by atoms with Gasteiger partial charge in [-0.3, -0.25) is 14.4 Å². The molecule has 3 aromatic rings. The van der Waals surface area contributed by atoms with Gasteiger partial charge >= 0.3 is 5.97 Å². The lowest BCUT2D eigenvalue weighted by molar-refractivity contribution is -0.142. The molecular formula is C26H33N5O7S. The fourth-order valence-electron chi connectivity index (χ4n) is 4.47. The number of hydrogen-bond donors (Lipinski definition) is 2. The number of nitrogens with zero attached hydrogens (tertiary/aromatic N) is 4. The fourth-order valence-corrected chi connectivity index (χ4v) is 4.97. The number of carbonyl (C=O) groups excluding carboxylic acids is 2. The minimum atomic E-state index is -3.48. The molecule has 0 radical (unpaired) electrons. The first kappa shape index (κ1) is 28.5. The molecule has 2 aromatic carbocycles. The third-order valence-corrected chi connectivity index (χ3v) is 6.86. The maximum atomic E-state index is 13.6. The lowest BCUT2D eigenvalue weighted by Gasteiger charge is -2.26. The lowest BCUT2D eigenvalue weighted by atomic mass is 10.1. The van der Waals surface area contributed by atoms with Gasteiger partial charge in [0.2, 0.25) is 0 Å². The van der Waals surface area contributed by atoms with Gasteiger partial charge in [0, 0.05) is 43.8 Å². The molecule has 0 aliphatic carbocycles. The van der Waals surface area contributed by atoms with Crippen LogP contribution in [0.4, 0.5) is 5.69 Å². The number of nitrogens with one attached hydrogen (secondary N) is 1. The molecule has 0 bridgehead atoms. The van der Waals surface area contributed by atoms with Crippen molar-refractivity contribution in [2.75, 3.05) is 53.3 Å². The highest BCUT2D eigenvalue weighted by Crippen LogP contribution is 2.34. The van der Waals surface area contributed by atoms with Crippen molar-refractivity contribution in [2.45, 2.75) is 19.0 Å². The van der Waals surface area contributed by atoms with Gasteiger partial charge in [-0.05, 0) is 11.6 Å². The number of benzene rings is 2. The zero-order chi connectivity index (χ0) is 28.0. The van der Waals surface area contributed by atoms with E-state index in [2.05, 4.69) is 19.7 Å². The smallest absolute Gasteiger partial charge is 0.328 e. The number of amides is 1. The van der Waals surface area contributed by atoms with Crippen molar-refractivity contribution in [3.63, 3.8) is 0 Å². The van der Waals surface area contributed by atoms with E-state index in [4.69, 9.17) is 14.2 Å². The van der Waals surface area contributed by atoms with Gasteiger partial charge in [-0.2, -0.15) is 9.46 Å². The largest absolute Gasteiger partial charge is 0.494 e. The molecule has 210 valence electrons. The summed E-state index contributed by atoms with van der Waals surface area (Å²) in [5, 5.41) is 7.73. The van der Waals surface area contributed by atoms with Crippen molar-refractivity contribution >= 4 is 38.5 Å². The Hall–Kier alpha value is -3.52. The predicted octanol–water partition coefficient (Wildman–Crippen LogP) is 2.09. The second-order valence-corrected chi connectivity index (χ2v) is 10.9. The van der Waals surface area contributed by atoms with Gasteiger partial charge in [0.05, 0.1) is 39.7 Å². The average Bonchev–Trinajstić information content (AvgIpc) is 3.29. The summed E-state index contributed by atoms with van der Waals surface area (Å²) in [6, 6.07) is 11.4. The number of carbonyl (C=O) groups is 2. The van der Waals surface area contributed by atoms with Crippen LogP contribution >= 0.6 is 0 Å². The van der Waals surface area contributed by atoms with Crippen molar-refractivity contribution in [1.82, 2.24) is 20.0 Å². The Morgan fingerprint density at radius 2 is 1.90 bits per heavy atom. The van der Waals surface area contributed by atoms with Gasteiger partial charge < -0.3 is 24.1 Å². The number of methoxy groups -OCH3 is 2. The van der Waals surface area contributed by atoms with Crippen LogP contribution < -0.4 is 10.1 Å². The first-order valence-corrected chi connectivity index (χ1v) is 14.3. The third kappa shape index (κ3) is 7.32. The van der Waals surface area contributed by atoms with E-state index in [1.54, 1.807) is 4.68 Å². The van der Waals surface area contributed by atoms with Gasteiger partial charge in [-0.15, -0.1) is 0 Å². The van der Waals surface area contributed by atoms with Crippen molar-refractivity contribution in [3.8, 4) is 5.75 Å². The first-order valence-electron chi connectivity index (χ1n) is 12.4. The minimum Gasteiger partial charge on any atom is -0.494 e. The number of hydrogen-bond acceptors (Lipinski definition) is 9. The van der Waals surface area contributed by atoms with E-state index in [-0.39, 0.29) is 17.8 Å². The molecule has 39 heavy (non-hydrogen) atoms. The summed E-state index contributed by atoms with van der Waals surface area (Å²) in [5.41, 5.74) is 1.57. The minimum absolute atomic E-state index is 0.0323. The number of aromatic nitrogens is 2. The van der Waals surface area contributed by atoms with Crippen LogP contribution in [0, 0.1) is 0 Å². The summed E-state index contributed by atoms with van der Waals surface area (Å²) in [5.74, 6) is -0.850. The van der Waals surface area contributed by atoms with Gasteiger partial charge in [-0.1, -0.05) is 30.3 Å². The molecule has 2 unspecified atom stereocenters. The normalized spacial score (nSPS) is 16.3. The average molecular weight is 560 g/mol. The highest BCUT2D eigenvalue weighted by atomic mass is 32.2. The summed E-state index contributed by atoms with van der Waals surface area (Å²) in [6.07, 6.45) is 1.31. The quantitative estimate of drug-likeness (QED) is 0.357. The van der Waals surface area contributed by atoms with Gasteiger partial charge in [0.1, 0.15) is 17.3 Å². The van der Waals surface area contributed by atoms with Crippen LogP contribution in [0.25, 0.3) is 10.9 Å². The predicted molar refractivity (Wildman–Crippen MR) is 146 cm³/mol. The van der Waals surface area contributed by atoms with Crippen LogP contribution in [0.3, 0.4) is 0 Å². The molecule has 13 heteroatoms. The second kappa shape index (κ2) is 12.6. The SMILES string of the molecule is COC(=O)C(Cc1ccccc1)NC(=O)c1nn(CCN2CCOCC2)c2c(OC)cc(N=S(C)(=O)O)cc12. The molecule has 1 amide bonds. The van der Waals surface area contributed by atoms with Crippen LogP contribution in [-0.2, 0) is 37.2 Å². The molecule has 4 rings (SSSR count). The Morgan fingerprint density at radius 1 is 1.18 bits per heavy atom. The van der Waals surface area contributed by atoms with E-state index in [1.807, 2.05) is 30.3 Å². The highest BCUT2D eigenvalue weighted by molar-refractivity contribution is 7.87. The number of ether oxygens (including phenoxy) is 3. The summed E-state index contributed by atoms with van der Waals surface area (Å²) >= 11 is 0. The summed E-state index contributed by atoms with van der Waals surface area (Å²) in [4.78, 5) is 28.4. The Kier molecular flexibility index (Phi) is 9.17. The number of rotatable bonds is 10. The van der Waals surface area contributed by atoms with Gasteiger partial charge in [-0.25, -0.2) is 9.00 Å². The summed E-state index contributed by atoms with van der Waals surface area (Å²) in [6.45, 7) is 3.98. The van der Waals surface area contributed by atoms with E-state index in [1.165, 1.54) is 26.4 Å². The Balaban J connectivity index is 1.74. The highest BCUT2D eigenvalue weighted by Gasteiger charge is 2.27. The summed E-state index contributed by atoms with van der Waals surface area (Å²) in [7, 11) is -0.751. The molecular weight excluding hydrogens is 526 g/mol. The molecule has 12 nitrogen and oxygen atoms in total. The second-order valence-electron chi connectivity index (χ2n) is 9.16. The van der Waals surface area contributed by atoms with E-state index in [0.717, 1.165) is 24.9 Å². The molecule has 1 saturated heterocycles. The Labute approximate surface area is 227 Å². The van der Waals surface area contributed by atoms with Gasteiger partial charge in [0.15, 0.2) is 15.7 Å². The van der Waals surface area contributed by atoms with Gasteiger partial charge in [0.25, 0.3) is 5.91 Å². The zero-order valence-electron chi connectivity index (χ0n) is 22.2. The van der Waals surface area contributed by atoms with Crippen LogP contribution in [-0.4, -0.2) is 94.7 Å². The maximum Gasteiger partial charge on any atom is 0.328 e. The maximum absolute atomic E-state index is 13.6. The molecule has 1 aliphatic rings. The Morgan fingerprint density at radius 3 is 2.54 bits per heavy atom. The van der Waals surface area contributed by atoms with E-state index in [0.29, 0.717) is 43.0 Å².